The van der Waals surface area contributed by atoms with E-state index in [1.807, 2.05) is 40.6 Å². The summed E-state index contributed by atoms with van der Waals surface area (Å²) in [5.74, 6) is -0.154. The number of benzene rings is 1. The monoisotopic (exact) mass is 368 g/mol. The molecule has 26 heavy (non-hydrogen) atoms. The summed E-state index contributed by atoms with van der Waals surface area (Å²) in [5, 5.41) is 5.50. The second-order valence-electron chi connectivity index (χ2n) is 6.44. The van der Waals surface area contributed by atoms with E-state index in [9.17, 15) is 9.59 Å². The minimum Gasteiger partial charge on any atom is -0.449 e. The predicted octanol–water partition coefficient (Wildman–Crippen LogP) is 4.76. The maximum atomic E-state index is 13.1. The van der Waals surface area contributed by atoms with Crippen LogP contribution in [0.5, 0.6) is 0 Å². The number of hydrogen-bond donors (Lipinski definition) is 1. The SMILES string of the molecule is O=C(Nc1c(C(=O)N2CCCCCC2)oc2ccccc12)c1cccs1. The Morgan fingerprint density at radius 3 is 2.50 bits per heavy atom. The molecular weight excluding hydrogens is 348 g/mol. The van der Waals surface area contributed by atoms with Gasteiger partial charge in [-0.25, -0.2) is 0 Å². The lowest BCUT2D eigenvalue weighted by Gasteiger charge is -2.19. The van der Waals surface area contributed by atoms with Crippen LogP contribution < -0.4 is 5.32 Å². The maximum Gasteiger partial charge on any atom is 0.291 e. The van der Waals surface area contributed by atoms with Crippen molar-refractivity contribution in [3.05, 3.63) is 52.4 Å². The number of nitrogens with one attached hydrogen (secondary N) is 1. The Morgan fingerprint density at radius 1 is 1.00 bits per heavy atom. The third-order valence-electron chi connectivity index (χ3n) is 4.67. The van der Waals surface area contributed by atoms with Crippen molar-refractivity contribution in [3.8, 4) is 0 Å². The van der Waals surface area contributed by atoms with E-state index in [0.29, 0.717) is 16.1 Å². The van der Waals surface area contributed by atoms with E-state index in [2.05, 4.69) is 5.32 Å². The van der Waals surface area contributed by atoms with E-state index in [4.69, 9.17) is 4.42 Å². The molecule has 0 unspecified atom stereocenters. The summed E-state index contributed by atoms with van der Waals surface area (Å²) in [6.45, 7) is 1.46. The summed E-state index contributed by atoms with van der Waals surface area (Å²) in [7, 11) is 0. The van der Waals surface area contributed by atoms with Gasteiger partial charge in [0.1, 0.15) is 11.3 Å². The molecule has 0 saturated carbocycles. The van der Waals surface area contributed by atoms with Gasteiger partial charge in [-0.3, -0.25) is 9.59 Å². The molecule has 1 aliphatic rings. The number of anilines is 1. The van der Waals surface area contributed by atoms with Crippen molar-refractivity contribution in [1.29, 1.82) is 0 Å². The van der Waals surface area contributed by atoms with Crippen LogP contribution in [0, 0.1) is 0 Å². The van der Waals surface area contributed by atoms with Crippen LogP contribution in [0.25, 0.3) is 11.0 Å². The lowest BCUT2D eigenvalue weighted by Crippen LogP contribution is -2.32. The Hall–Kier alpha value is -2.60. The van der Waals surface area contributed by atoms with Gasteiger partial charge in [0.15, 0.2) is 0 Å². The van der Waals surface area contributed by atoms with Crippen molar-refractivity contribution >= 4 is 39.8 Å². The zero-order chi connectivity index (χ0) is 17.9. The summed E-state index contributed by atoms with van der Waals surface area (Å²) in [4.78, 5) is 28.1. The Labute approximate surface area is 155 Å². The molecule has 5 nitrogen and oxygen atoms in total. The van der Waals surface area contributed by atoms with Gasteiger partial charge < -0.3 is 14.6 Å². The smallest absolute Gasteiger partial charge is 0.291 e. The van der Waals surface area contributed by atoms with Crippen LogP contribution in [0.3, 0.4) is 0 Å². The fourth-order valence-electron chi connectivity index (χ4n) is 3.32. The molecule has 0 aliphatic carbocycles. The Balaban J connectivity index is 1.71. The van der Waals surface area contributed by atoms with Gasteiger partial charge >= 0.3 is 0 Å². The quantitative estimate of drug-likeness (QED) is 0.725. The molecule has 1 aliphatic heterocycles. The summed E-state index contributed by atoms with van der Waals surface area (Å²) in [6, 6.07) is 11.0. The van der Waals surface area contributed by atoms with Gasteiger partial charge in [-0.2, -0.15) is 0 Å². The summed E-state index contributed by atoms with van der Waals surface area (Å²) in [5.41, 5.74) is 1.07. The van der Waals surface area contributed by atoms with E-state index in [-0.39, 0.29) is 17.6 Å². The standard InChI is InChI=1S/C20H20N2O3S/c23-19(16-10-7-13-26-16)21-17-14-8-3-4-9-15(14)25-18(17)20(24)22-11-5-1-2-6-12-22/h3-4,7-10,13H,1-2,5-6,11-12H2,(H,21,23). The zero-order valence-corrected chi connectivity index (χ0v) is 15.2. The number of rotatable bonds is 3. The molecule has 3 aromatic rings. The van der Waals surface area contributed by atoms with Gasteiger partial charge in [0.05, 0.1) is 4.88 Å². The number of hydrogen-bond acceptors (Lipinski definition) is 4. The molecule has 2 aromatic heterocycles. The predicted molar refractivity (Wildman–Crippen MR) is 103 cm³/mol. The molecule has 0 spiro atoms. The van der Waals surface area contributed by atoms with Gasteiger partial charge in [-0.05, 0) is 36.4 Å². The highest BCUT2D eigenvalue weighted by atomic mass is 32.1. The van der Waals surface area contributed by atoms with Crippen molar-refractivity contribution in [3.63, 3.8) is 0 Å². The Kier molecular flexibility index (Phi) is 4.75. The molecule has 6 heteroatoms. The van der Waals surface area contributed by atoms with E-state index < -0.39 is 0 Å². The maximum absolute atomic E-state index is 13.1. The highest BCUT2D eigenvalue weighted by Crippen LogP contribution is 2.33. The van der Waals surface area contributed by atoms with E-state index in [1.165, 1.54) is 11.3 Å². The van der Waals surface area contributed by atoms with Gasteiger partial charge in [-0.15, -0.1) is 11.3 Å². The first kappa shape index (κ1) is 16.8. The minimum absolute atomic E-state index is 0.149. The second-order valence-corrected chi connectivity index (χ2v) is 7.39. The highest BCUT2D eigenvalue weighted by molar-refractivity contribution is 7.12. The number of fused-ring (bicyclic) bond motifs is 1. The van der Waals surface area contributed by atoms with Gasteiger partial charge in [0.25, 0.3) is 11.8 Å². The molecule has 2 amide bonds. The largest absolute Gasteiger partial charge is 0.449 e. The number of furan rings is 1. The highest BCUT2D eigenvalue weighted by Gasteiger charge is 2.27. The molecule has 134 valence electrons. The number of carbonyl (C=O) groups is 2. The van der Waals surface area contributed by atoms with Gasteiger partial charge in [0.2, 0.25) is 5.76 Å². The molecule has 4 rings (SSSR count). The normalized spacial score (nSPS) is 15.0. The summed E-state index contributed by atoms with van der Waals surface area (Å²) in [6.07, 6.45) is 4.30. The second kappa shape index (κ2) is 7.33. The van der Waals surface area contributed by atoms with Crippen molar-refractivity contribution in [2.24, 2.45) is 0 Å². The molecule has 3 heterocycles. The molecule has 0 bridgehead atoms. The van der Waals surface area contributed by atoms with Crippen molar-refractivity contribution < 1.29 is 14.0 Å². The van der Waals surface area contributed by atoms with Crippen molar-refractivity contribution in [1.82, 2.24) is 4.90 Å². The van der Waals surface area contributed by atoms with E-state index in [1.54, 1.807) is 6.07 Å². The van der Waals surface area contributed by atoms with Crippen LogP contribution in [-0.2, 0) is 0 Å². The van der Waals surface area contributed by atoms with Crippen LogP contribution in [-0.4, -0.2) is 29.8 Å². The Morgan fingerprint density at radius 2 is 1.77 bits per heavy atom. The fraction of sp³-hybridized carbons (Fsp3) is 0.300. The lowest BCUT2D eigenvalue weighted by atomic mass is 10.2. The third kappa shape index (κ3) is 3.24. The van der Waals surface area contributed by atoms with Crippen molar-refractivity contribution in [2.75, 3.05) is 18.4 Å². The van der Waals surface area contributed by atoms with Crippen LogP contribution >= 0.6 is 11.3 Å². The number of likely N-dealkylation sites (tertiary alicyclic amines) is 1. The van der Waals surface area contributed by atoms with Crippen LogP contribution in [0.1, 0.15) is 45.9 Å². The zero-order valence-electron chi connectivity index (χ0n) is 14.4. The number of amides is 2. The molecule has 1 N–H and O–H groups in total. The van der Waals surface area contributed by atoms with Crippen LogP contribution in [0.2, 0.25) is 0 Å². The average Bonchev–Trinajstić information content (AvgIpc) is 3.23. The third-order valence-corrected chi connectivity index (χ3v) is 5.54. The first-order chi connectivity index (χ1) is 12.7. The summed E-state index contributed by atoms with van der Waals surface area (Å²) >= 11 is 1.37. The fourth-order valence-corrected chi connectivity index (χ4v) is 3.94. The molecule has 1 saturated heterocycles. The average molecular weight is 368 g/mol. The molecule has 0 atom stereocenters. The molecule has 1 aromatic carbocycles. The van der Waals surface area contributed by atoms with Crippen LogP contribution in [0.15, 0.2) is 46.2 Å². The first-order valence-corrected chi connectivity index (χ1v) is 9.77. The minimum atomic E-state index is -0.225. The Bertz CT molecular complexity index is 922. The van der Waals surface area contributed by atoms with E-state index >= 15 is 0 Å². The van der Waals surface area contributed by atoms with Gasteiger partial charge in [0, 0.05) is 18.5 Å². The molecular formula is C20H20N2O3S. The lowest BCUT2D eigenvalue weighted by molar-refractivity contribution is 0.0733. The first-order valence-electron chi connectivity index (χ1n) is 8.90. The van der Waals surface area contributed by atoms with Gasteiger partial charge in [-0.1, -0.05) is 31.0 Å². The van der Waals surface area contributed by atoms with Crippen molar-refractivity contribution in [2.45, 2.75) is 25.7 Å². The molecule has 0 radical (unpaired) electrons. The number of carbonyl (C=O) groups excluding carboxylic acids is 2. The molecule has 1 fully saturated rings. The summed E-state index contributed by atoms with van der Waals surface area (Å²) < 4.78 is 5.87. The number of para-hydroxylation sites is 1. The number of nitrogens with zero attached hydrogens (tertiary/aromatic N) is 1. The van der Waals surface area contributed by atoms with E-state index in [0.717, 1.165) is 44.2 Å². The van der Waals surface area contributed by atoms with Crippen LogP contribution in [0.4, 0.5) is 5.69 Å². The number of thiophene rings is 1. The topological polar surface area (TPSA) is 62.6 Å².